The number of hydrogen-bond acceptors (Lipinski definition) is 3. The maximum Gasteiger partial charge on any atom is 0.308 e. The van der Waals surface area contributed by atoms with Crippen LogP contribution in [0, 0.1) is 5.82 Å². The van der Waals surface area contributed by atoms with Gasteiger partial charge in [-0.1, -0.05) is 25.1 Å². The highest BCUT2D eigenvalue weighted by Crippen LogP contribution is 2.19. The normalized spacial score (nSPS) is 12.2. The number of esters is 1. The first-order chi connectivity index (χ1) is 7.65. The van der Waals surface area contributed by atoms with E-state index in [9.17, 15) is 14.3 Å². The van der Waals surface area contributed by atoms with E-state index in [1.54, 1.807) is 6.07 Å². The van der Waals surface area contributed by atoms with Crippen LogP contribution >= 0.6 is 0 Å². The number of halogens is 1. The van der Waals surface area contributed by atoms with Gasteiger partial charge in [-0.2, -0.15) is 0 Å². The van der Waals surface area contributed by atoms with Crippen molar-refractivity contribution in [2.24, 2.45) is 0 Å². The maximum atomic E-state index is 13.2. The molecule has 0 saturated heterocycles. The second-order valence-corrected chi connectivity index (χ2v) is 3.46. The Bertz CT molecular complexity index is 352. The van der Waals surface area contributed by atoms with Gasteiger partial charge >= 0.3 is 5.97 Å². The van der Waals surface area contributed by atoms with E-state index in [0.29, 0.717) is 6.61 Å². The van der Waals surface area contributed by atoms with Gasteiger partial charge in [0.1, 0.15) is 5.82 Å². The predicted molar refractivity (Wildman–Crippen MR) is 57.2 cm³/mol. The fourth-order valence-electron chi connectivity index (χ4n) is 1.29. The second-order valence-electron chi connectivity index (χ2n) is 3.46. The Morgan fingerprint density at radius 2 is 2.19 bits per heavy atom. The average Bonchev–Trinajstić information content (AvgIpc) is 2.26. The molecule has 0 saturated carbocycles. The number of hydrogen-bond donors (Lipinski definition) is 1. The molecule has 0 heterocycles. The zero-order valence-electron chi connectivity index (χ0n) is 9.15. The second kappa shape index (κ2) is 6.23. The van der Waals surface area contributed by atoms with Crippen LogP contribution in [0.5, 0.6) is 0 Å². The fraction of sp³-hybridized carbons (Fsp3) is 0.417. The van der Waals surface area contributed by atoms with Crippen LogP contribution in [0.4, 0.5) is 4.39 Å². The number of aliphatic hydroxyl groups is 1. The van der Waals surface area contributed by atoms with Crippen LogP contribution in [0.1, 0.15) is 31.4 Å². The van der Waals surface area contributed by atoms with Crippen molar-refractivity contribution in [3.63, 3.8) is 0 Å². The van der Waals surface area contributed by atoms with Gasteiger partial charge in [0, 0.05) is 5.56 Å². The molecule has 0 fully saturated rings. The fourth-order valence-corrected chi connectivity index (χ4v) is 1.29. The van der Waals surface area contributed by atoms with Crippen LogP contribution in [-0.4, -0.2) is 17.7 Å². The Labute approximate surface area is 93.9 Å². The van der Waals surface area contributed by atoms with Gasteiger partial charge in [-0.15, -0.1) is 0 Å². The van der Waals surface area contributed by atoms with Crippen LogP contribution in [0.3, 0.4) is 0 Å². The molecule has 0 aliphatic carbocycles. The zero-order valence-corrected chi connectivity index (χ0v) is 9.15. The number of aliphatic hydroxyl groups excluding tert-OH is 1. The van der Waals surface area contributed by atoms with Gasteiger partial charge in [0.2, 0.25) is 0 Å². The Kier molecular flexibility index (Phi) is 4.92. The third kappa shape index (κ3) is 3.62. The topological polar surface area (TPSA) is 46.5 Å². The largest absolute Gasteiger partial charge is 0.466 e. The lowest BCUT2D eigenvalue weighted by atomic mass is 10.1. The highest BCUT2D eigenvalue weighted by Gasteiger charge is 2.16. The van der Waals surface area contributed by atoms with E-state index in [0.717, 1.165) is 6.42 Å². The molecule has 0 aliphatic heterocycles. The Hall–Kier alpha value is -1.42. The molecular formula is C12H15FO3. The first kappa shape index (κ1) is 12.6. The summed E-state index contributed by atoms with van der Waals surface area (Å²) < 4.78 is 18.0. The SMILES string of the molecule is CCCOC(=O)CC(O)c1ccccc1F. The van der Waals surface area contributed by atoms with E-state index in [1.807, 2.05) is 6.92 Å². The number of rotatable bonds is 5. The third-order valence-corrected chi connectivity index (χ3v) is 2.09. The predicted octanol–water partition coefficient (Wildman–Crippen LogP) is 2.20. The van der Waals surface area contributed by atoms with Gasteiger partial charge < -0.3 is 9.84 Å². The van der Waals surface area contributed by atoms with Gasteiger partial charge in [-0.25, -0.2) is 4.39 Å². The molecule has 88 valence electrons. The number of ether oxygens (including phenoxy) is 1. The van der Waals surface area contributed by atoms with Gasteiger partial charge in [0.05, 0.1) is 19.1 Å². The molecule has 1 atom stereocenters. The van der Waals surface area contributed by atoms with Crippen molar-refractivity contribution in [1.29, 1.82) is 0 Å². The summed E-state index contributed by atoms with van der Waals surface area (Å²) in [5, 5.41) is 9.63. The van der Waals surface area contributed by atoms with Crippen LogP contribution in [0.2, 0.25) is 0 Å². The average molecular weight is 226 g/mol. The summed E-state index contributed by atoms with van der Waals surface area (Å²) in [6.45, 7) is 2.20. The lowest BCUT2D eigenvalue weighted by molar-refractivity contribution is -0.146. The van der Waals surface area contributed by atoms with Crippen molar-refractivity contribution in [2.45, 2.75) is 25.9 Å². The first-order valence-corrected chi connectivity index (χ1v) is 5.23. The Balaban J connectivity index is 2.55. The van der Waals surface area contributed by atoms with Gasteiger partial charge in [-0.05, 0) is 12.5 Å². The minimum absolute atomic E-state index is 0.121. The monoisotopic (exact) mass is 226 g/mol. The van der Waals surface area contributed by atoms with Crippen LogP contribution < -0.4 is 0 Å². The van der Waals surface area contributed by atoms with Crippen molar-refractivity contribution >= 4 is 5.97 Å². The highest BCUT2D eigenvalue weighted by atomic mass is 19.1. The molecule has 1 rings (SSSR count). The van der Waals surface area contributed by atoms with Crippen molar-refractivity contribution in [2.75, 3.05) is 6.61 Å². The molecular weight excluding hydrogens is 211 g/mol. The van der Waals surface area contributed by atoms with Crippen LogP contribution in [0.15, 0.2) is 24.3 Å². The number of carbonyl (C=O) groups is 1. The Morgan fingerprint density at radius 1 is 1.50 bits per heavy atom. The molecule has 0 aromatic heterocycles. The van der Waals surface area contributed by atoms with E-state index in [1.165, 1.54) is 18.2 Å². The third-order valence-electron chi connectivity index (χ3n) is 2.09. The summed E-state index contributed by atoms with van der Waals surface area (Å²) >= 11 is 0. The smallest absolute Gasteiger partial charge is 0.308 e. The molecule has 16 heavy (non-hydrogen) atoms. The van der Waals surface area contributed by atoms with Gasteiger partial charge in [0.25, 0.3) is 0 Å². The van der Waals surface area contributed by atoms with E-state index in [-0.39, 0.29) is 12.0 Å². The van der Waals surface area contributed by atoms with E-state index >= 15 is 0 Å². The molecule has 0 aliphatic rings. The lowest BCUT2D eigenvalue weighted by Gasteiger charge is -2.11. The lowest BCUT2D eigenvalue weighted by Crippen LogP contribution is -2.11. The summed E-state index contributed by atoms with van der Waals surface area (Å²) in [7, 11) is 0. The summed E-state index contributed by atoms with van der Waals surface area (Å²) in [5.41, 5.74) is 0.121. The molecule has 1 aromatic carbocycles. The number of benzene rings is 1. The van der Waals surface area contributed by atoms with Crippen LogP contribution in [-0.2, 0) is 9.53 Å². The Morgan fingerprint density at radius 3 is 2.81 bits per heavy atom. The van der Waals surface area contributed by atoms with E-state index < -0.39 is 17.9 Å². The van der Waals surface area contributed by atoms with Crippen molar-refractivity contribution < 1.29 is 19.0 Å². The molecule has 1 N–H and O–H groups in total. The first-order valence-electron chi connectivity index (χ1n) is 5.23. The quantitative estimate of drug-likeness (QED) is 0.783. The molecule has 3 nitrogen and oxygen atoms in total. The maximum absolute atomic E-state index is 13.2. The summed E-state index contributed by atoms with van der Waals surface area (Å²) in [5.74, 6) is -1.03. The molecule has 0 amide bonds. The van der Waals surface area contributed by atoms with Crippen molar-refractivity contribution in [3.8, 4) is 0 Å². The molecule has 1 unspecified atom stereocenters. The number of carbonyl (C=O) groups excluding carboxylic acids is 1. The van der Waals surface area contributed by atoms with Crippen molar-refractivity contribution in [1.82, 2.24) is 0 Å². The molecule has 4 heteroatoms. The standard InChI is InChI=1S/C12H15FO3/c1-2-7-16-12(15)8-11(14)9-5-3-4-6-10(9)13/h3-6,11,14H,2,7-8H2,1H3. The van der Waals surface area contributed by atoms with E-state index in [4.69, 9.17) is 4.74 Å². The molecule has 0 spiro atoms. The van der Waals surface area contributed by atoms with Gasteiger partial charge in [0.15, 0.2) is 0 Å². The summed E-state index contributed by atoms with van der Waals surface area (Å²) in [6.07, 6.45) is -0.645. The van der Waals surface area contributed by atoms with Crippen LogP contribution in [0.25, 0.3) is 0 Å². The summed E-state index contributed by atoms with van der Waals surface area (Å²) in [4.78, 5) is 11.2. The molecule has 0 bridgehead atoms. The zero-order chi connectivity index (χ0) is 12.0. The minimum Gasteiger partial charge on any atom is -0.466 e. The highest BCUT2D eigenvalue weighted by molar-refractivity contribution is 5.70. The van der Waals surface area contributed by atoms with E-state index in [2.05, 4.69) is 0 Å². The molecule has 1 aromatic rings. The minimum atomic E-state index is -1.15. The summed E-state index contributed by atoms with van der Waals surface area (Å²) in [6, 6.07) is 5.84. The van der Waals surface area contributed by atoms with Gasteiger partial charge in [-0.3, -0.25) is 4.79 Å². The van der Waals surface area contributed by atoms with Crippen molar-refractivity contribution in [3.05, 3.63) is 35.6 Å². The molecule has 0 radical (unpaired) electrons.